The summed E-state index contributed by atoms with van der Waals surface area (Å²) in [5.41, 5.74) is 3.50. The fraction of sp³-hybridized carbons (Fsp3) is 0.536. The summed E-state index contributed by atoms with van der Waals surface area (Å²) in [6.07, 6.45) is 5.11. The van der Waals surface area contributed by atoms with Crippen LogP contribution in [-0.4, -0.2) is 66.9 Å². The molecule has 3 fully saturated rings. The van der Waals surface area contributed by atoms with Crippen molar-refractivity contribution in [1.82, 2.24) is 15.0 Å². The number of para-hydroxylation sites is 1. The van der Waals surface area contributed by atoms with Crippen molar-refractivity contribution in [3.05, 3.63) is 53.6 Å². The van der Waals surface area contributed by atoms with Crippen molar-refractivity contribution in [1.29, 1.82) is 0 Å². The standard InChI is InChI=1S/C28H36N4O2/c1-21-8-9-22(17-30-12-4-5-13-30)16-27(21)33-20-23-10-11-24-19-32(15-14-31(24)18-23)28-25-6-2-3-7-26(25)34-29-28/h2-3,6-9,16,23-24H,4-5,10-15,17-20H2,1H3/t23-,24-/m1/s1. The van der Waals surface area contributed by atoms with Gasteiger partial charge in [-0.05, 0) is 75.0 Å². The van der Waals surface area contributed by atoms with Gasteiger partial charge in [0.2, 0.25) is 0 Å². The molecular formula is C28H36N4O2. The SMILES string of the molecule is Cc1ccc(CN2CCCC2)cc1OC[C@@H]1CC[C@@H]2CN(c3noc4ccccc34)CCN2C1. The van der Waals surface area contributed by atoms with E-state index in [1.807, 2.05) is 12.1 Å². The molecule has 3 aliphatic heterocycles. The third kappa shape index (κ3) is 4.53. The minimum absolute atomic E-state index is 0.589. The van der Waals surface area contributed by atoms with E-state index in [9.17, 15) is 0 Å². The average Bonchev–Trinajstić information content (AvgIpc) is 3.54. The Bertz CT molecular complexity index is 1120. The number of anilines is 1. The molecule has 4 heterocycles. The normalized spacial score (nSPS) is 24.0. The molecule has 0 spiro atoms. The van der Waals surface area contributed by atoms with E-state index >= 15 is 0 Å². The molecule has 0 unspecified atom stereocenters. The van der Waals surface area contributed by atoms with Crippen molar-refractivity contribution in [2.45, 2.75) is 45.2 Å². The molecule has 3 aromatic rings. The lowest BCUT2D eigenvalue weighted by Gasteiger charge is -2.46. The number of benzene rings is 2. The van der Waals surface area contributed by atoms with Crippen molar-refractivity contribution in [2.24, 2.45) is 5.92 Å². The molecule has 1 aromatic heterocycles. The summed E-state index contributed by atoms with van der Waals surface area (Å²) in [5, 5.41) is 5.52. The van der Waals surface area contributed by atoms with Crippen LogP contribution in [0.25, 0.3) is 11.0 Å². The van der Waals surface area contributed by atoms with E-state index in [1.165, 1.54) is 49.9 Å². The van der Waals surface area contributed by atoms with Crippen LogP contribution in [0.5, 0.6) is 5.75 Å². The highest BCUT2D eigenvalue weighted by Crippen LogP contribution is 2.32. The fourth-order valence-corrected chi connectivity index (χ4v) is 5.99. The Labute approximate surface area is 202 Å². The van der Waals surface area contributed by atoms with Crippen LogP contribution in [0, 0.1) is 12.8 Å². The Hall–Kier alpha value is -2.57. The second kappa shape index (κ2) is 9.59. The highest BCUT2D eigenvalue weighted by molar-refractivity contribution is 5.88. The number of hydrogen-bond acceptors (Lipinski definition) is 6. The van der Waals surface area contributed by atoms with Crippen LogP contribution in [0.2, 0.25) is 0 Å². The first-order valence-corrected chi connectivity index (χ1v) is 13.0. The largest absolute Gasteiger partial charge is 0.493 e. The van der Waals surface area contributed by atoms with Gasteiger partial charge in [0.15, 0.2) is 11.4 Å². The number of piperazine rings is 1. The van der Waals surface area contributed by atoms with Crippen molar-refractivity contribution in [3.63, 3.8) is 0 Å². The summed E-state index contributed by atoms with van der Waals surface area (Å²) >= 11 is 0. The second-order valence-electron chi connectivity index (χ2n) is 10.4. The minimum Gasteiger partial charge on any atom is -0.493 e. The fourth-order valence-electron chi connectivity index (χ4n) is 5.99. The molecule has 6 nitrogen and oxygen atoms in total. The number of piperidine rings is 1. The lowest BCUT2D eigenvalue weighted by molar-refractivity contribution is 0.0725. The smallest absolute Gasteiger partial charge is 0.180 e. The maximum Gasteiger partial charge on any atom is 0.180 e. The molecule has 34 heavy (non-hydrogen) atoms. The van der Waals surface area contributed by atoms with Crippen LogP contribution in [0.1, 0.15) is 36.8 Å². The molecule has 0 radical (unpaired) electrons. The first-order valence-electron chi connectivity index (χ1n) is 13.0. The highest BCUT2D eigenvalue weighted by atomic mass is 16.5. The van der Waals surface area contributed by atoms with Crippen molar-refractivity contribution < 1.29 is 9.26 Å². The Kier molecular flexibility index (Phi) is 6.18. The molecule has 0 amide bonds. The zero-order valence-electron chi connectivity index (χ0n) is 20.3. The quantitative estimate of drug-likeness (QED) is 0.531. The Morgan fingerprint density at radius 3 is 2.79 bits per heavy atom. The zero-order chi connectivity index (χ0) is 22.9. The van der Waals surface area contributed by atoms with Crippen LogP contribution in [0.4, 0.5) is 5.82 Å². The van der Waals surface area contributed by atoms with Gasteiger partial charge in [-0.15, -0.1) is 0 Å². The van der Waals surface area contributed by atoms with E-state index in [0.29, 0.717) is 12.0 Å². The Balaban J connectivity index is 1.04. The van der Waals surface area contributed by atoms with Crippen LogP contribution in [0.15, 0.2) is 47.0 Å². The minimum atomic E-state index is 0.589. The third-order valence-electron chi connectivity index (χ3n) is 8.00. The first kappa shape index (κ1) is 21.9. The number of aryl methyl sites for hydroxylation is 1. The third-order valence-corrected chi connectivity index (χ3v) is 8.00. The van der Waals surface area contributed by atoms with E-state index < -0.39 is 0 Å². The van der Waals surface area contributed by atoms with E-state index in [1.54, 1.807) is 0 Å². The van der Waals surface area contributed by atoms with Gasteiger partial charge in [-0.1, -0.05) is 29.4 Å². The van der Waals surface area contributed by atoms with Gasteiger partial charge in [-0.3, -0.25) is 9.80 Å². The average molecular weight is 461 g/mol. The van der Waals surface area contributed by atoms with Crippen LogP contribution in [0.3, 0.4) is 0 Å². The highest BCUT2D eigenvalue weighted by Gasteiger charge is 2.34. The maximum absolute atomic E-state index is 6.41. The summed E-state index contributed by atoms with van der Waals surface area (Å²) in [6.45, 7) is 10.7. The molecule has 6 rings (SSSR count). The number of likely N-dealkylation sites (tertiary alicyclic amines) is 1. The number of hydrogen-bond donors (Lipinski definition) is 0. The molecule has 180 valence electrons. The van der Waals surface area contributed by atoms with Gasteiger partial charge in [0.1, 0.15) is 5.75 Å². The zero-order valence-corrected chi connectivity index (χ0v) is 20.3. The molecule has 0 bridgehead atoms. The molecule has 6 heteroatoms. The van der Waals surface area contributed by atoms with Crippen LogP contribution in [-0.2, 0) is 6.54 Å². The van der Waals surface area contributed by atoms with Gasteiger partial charge in [-0.25, -0.2) is 0 Å². The van der Waals surface area contributed by atoms with Crippen molar-refractivity contribution in [2.75, 3.05) is 50.8 Å². The number of fused-ring (bicyclic) bond motifs is 2. The summed E-state index contributed by atoms with van der Waals surface area (Å²) in [5.74, 6) is 2.67. The van der Waals surface area contributed by atoms with Gasteiger partial charge < -0.3 is 14.2 Å². The van der Waals surface area contributed by atoms with Crippen molar-refractivity contribution in [3.8, 4) is 5.75 Å². The molecule has 2 atom stereocenters. The molecular weight excluding hydrogens is 424 g/mol. The summed E-state index contributed by atoms with van der Waals surface area (Å²) in [6, 6.07) is 15.5. The topological polar surface area (TPSA) is 45.0 Å². The Morgan fingerprint density at radius 1 is 1.00 bits per heavy atom. The molecule has 0 aliphatic carbocycles. The molecule has 0 saturated carbocycles. The van der Waals surface area contributed by atoms with Crippen LogP contribution < -0.4 is 9.64 Å². The Morgan fingerprint density at radius 2 is 1.88 bits per heavy atom. The summed E-state index contributed by atoms with van der Waals surface area (Å²) in [7, 11) is 0. The van der Waals surface area contributed by atoms with Gasteiger partial charge in [0, 0.05) is 44.7 Å². The van der Waals surface area contributed by atoms with E-state index in [-0.39, 0.29) is 0 Å². The second-order valence-corrected chi connectivity index (χ2v) is 10.4. The maximum atomic E-state index is 6.41. The number of aromatic nitrogens is 1. The van der Waals surface area contributed by atoms with Crippen LogP contribution >= 0.6 is 0 Å². The molecule has 3 saturated heterocycles. The van der Waals surface area contributed by atoms with Crippen molar-refractivity contribution >= 4 is 16.8 Å². The summed E-state index contributed by atoms with van der Waals surface area (Å²) in [4.78, 5) is 7.64. The predicted octanol–water partition coefficient (Wildman–Crippen LogP) is 4.71. The van der Waals surface area contributed by atoms with E-state index in [4.69, 9.17) is 9.26 Å². The monoisotopic (exact) mass is 460 g/mol. The van der Waals surface area contributed by atoms with E-state index in [0.717, 1.165) is 61.9 Å². The number of ether oxygens (including phenoxy) is 1. The molecule has 2 aromatic carbocycles. The van der Waals surface area contributed by atoms with Gasteiger partial charge in [-0.2, -0.15) is 0 Å². The van der Waals surface area contributed by atoms with Gasteiger partial charge >= 0.3 is 0 Å². The molecule has 0 N–H and O–H groups in total. The predicted molar refractivity (Wildman–Crippen MR) is 135 cm³/mol. The lowest BCUT2D eigenvalue weighted by atomic mass is 9.91. The molecule has 3 aliphatic rings. The number of rotatable bonds is 6. The first-order chi connectivity index (χ1) is 16.7. The summed E-state index contributed by atoms with van der Waals surface area (Å²) < 4.78 is 12.0. The lowest BCUT2D eigenvalue weighted by Crippen LogP contribution is -2.57. The van der Waals surface area contributed by atoms with Gasteiger partial charge in [0.25, 0.3) is 0 Å². The number of nitrogens with zero attached hydrogens (tertiary/aromatic N) is 4. The van der Waals surface area contributed by atoms with Gasteiger partial charge in [0.05, 0.1) is 12.0 Å². The van der Waals surface area contributed by atoms with E-state index in [2.05, 4.69) is 57.1 Å².